The Bertz CT molecular complexity index is 434. The van der Waals surface area contributed by atoms with Crippen molar-refractivity contribution >= 4 is 10.0 Å². The molecule has 1 aromatic rings. The third-order valence-corrected chi connectivity index (χ3v) is 3.26. The average molecular weight is 227 g/mol. The van der Waals surface area contributed by atoms with Crippen molar-refractivity contribution in [1.29, 1.82) is 0 Å². The van der Waals surface area contributed by atoms with Gasteiger partial charge in [-0.05, 0) is 43.0 Å². The maximum absolute atomic E-state index is 11.0. The van der Waals surface area contributed by atoms with Crippen LogP contribution in [0, 0.1) is 5.92 Å². The van der Waals surface area contributed by atoms with Crippen LogP contribution in [0.15, 0.2) is 29.2 Å². The SMILES string of the molecule is NS(=O)(=O)c1ccc(OCC2CC2)cc1. The summed E-state index contributed by atoms with van der Waals surface area (Å²) in [4.78, 5) is 0.112. The van der Waals surface area contributed by atoms with E-state index >= 15 is 0 Å². The molecular weight excluding hydrogens is 214 g/mol. The first-order valence-corrected chi connectivity index (χ1v) is 6.36. The van der Waals surface area contributed by atoms with Crippen molar-refractivity contribution in [3.05, 3.63) is 24.3 Å². The molecule has 0 unspecified atom stereocenters. The molecule has 1 saturated carbocycles. The Hall–Kier alpha value is -1.07. The molecule has 1 fully saturated rings. The van der Waals surface area contributed by atoms with Crippen LogP contribution in [0.2, 0.25) is 0 Å². The second-order valence-corrected chi connectivity index (χ2v) is 5.33. The Morgan fingerprint density at radius 2 is 1.87 bits per heavy atom. The van der Waals surface area contributed by atoms with Crippen LogP contribution in [0.25, 0.3) is 0 Å². The Labute approximate surface area is 89.1 Å². The standard InChI is InChI=1S/C10H13NO3S/c11-15(12,13)10-5-3-9(4-6-10)14-7-8-1-2-8/h3-6,8H,1-2,7H2,(H2,11,12,13). The monoisotopic (exact) mass is 227 g/mol. The highest BCUT2D eigenvalue weighted by atomic mass is 32.2. The number of ether oxygens (including phenoxy) is 1. The molecule has 4 nitrogen and oxygen atoms in total. The van der Waals surface area contributed by atoms with Gasteiger partial charge in [-0.15, -0.1) is 0 Å². The fraction of sp³-hybridized carbons (Fsp3) is 0.400. The molecule has 15 heavy (non-hydrogen) atoms. The lowest BCUT2D eigenvalue weighted by atomic mass is 10.3. The van der Waals surface area contributed by atoms with Crippen LogP contribution in [0.5, 0.6) is 5.75 Å². The Kier molecular flexibility index (Phi) is 2.67. The van der Waals surface area contributed by atoms with Gasteiger partial charge in [-0.25, -0.2) is 13.6 Å². The van der Waals surface area contributed by atoms with Crippen LogP contribution in [0.3, 0.4) is 0 Å². The quantitative estimate of drug-likeness (QED) is 0.838. The van der Waals surface area contributed by atoms with Crippen molar-refractivity contribution < 1.29 is 13.2 Å². The Morgan fingerprint density at radius 1 is 1.27 bits per heavy atom. The van der Waals surface area contributed by atoms with E-state index in [0.29, 0.717) is 18.3 Å². The third-order valence-electron chi connectivity index (χ3n) is 2.33. The van der Waals surface area contributed by atoms with Crippen LogP contribution < -0.4 is 9.88 Å². The number of hydrogen-bond acceptors (Lipinski definition) is 3. The molecule has 82 valence electrons. The summed E-state index contributed by atoms with van der Waals surface area (Å²) in [6, 6.07) is 6.17. The van der Waals surface area contributed by atoms with Gasteiger partial charge in [-0.1, -0.05) is 0 Å². The first-order chi connectivity index (χ1) is 7.05. The molecule has 5 heteroatoms. The minimum atomic E-state index is -3.59. The van der Waals surface area contributed by atoms with E-state index in [4.69, 9.17) is 9.88 Å². The average Bonchev–Trinajstić information content (AvgIpc) is 2.97. The molecule has 0 spiro atoms. The zero-order chi connectivity index (χ0) is 10.9. The fourth-order valence-electron chi connectivity index (χ4n) is 1.22. The van der Waals surface area contributed by atoms with Gasteiger partial charge in [-0.2, -0.15) is 0 Å². The first kappa shape index (κ1) is 10.4. The molecule has 2 N–H and O–H groups in total. The summed E-state index contributed by atoms with van der Waals surface area (Å²) in [6.45, 7) is 0.717. The lowest BCUT2D eigenvalue weighted by Gasteiger charge is -2.05. The molecule has 0 atom stereocenters. The first-order valence-electron chi connectivity index (χ1n) is 4.81. The van der Waals surface area contributed by atoms with Gasteiger partial charge in [0.1, 0.15) is 5.75 Å². The highest BCUT2D eigenvalue weighted by Crippen LogP contribution is 2.29. The van der Waals surface area contributed by atoms with Crippen molar-refractivity contribution in [2.24, 2.45) is 11.1 Å². The van der Waals surface area contributed by atoms with E-state index in [1.54, 1.807) is 12.1 Å². The second kappa shape index (κ2) is 3.83. The van der Waals surface area contributed by atoms with Gasteiger partial charge < -0.3 is 4.74 Å². The van der Waals surface area contributed by atoms with Gasteiger partial charge >= 0.3 is 0 Å². The predicted octanol–water partition coefficient (Wildman–Crippen LogP) is 1.12. The van der Waals surface area contributed by atoms with Crippen molar-refractivity contribution in [2.75, 3.05) is 6.61 Å². The van der Waals surface area contributed by atoms with Crippen LogP contribution in [-0.2, 0) is 10.0 Å². The van der Waals surface area contributed by atoms with E-state index in [1.165, 1.54) is 25.0 Å². The maximum Gasteiger partial charge on any atom is 0.238 e. The van der Waals surface area contributed by atoms with Gasteiger partial charge in [0.15, 0.2) is 0 Å². The normalized spacial score (nSPS) is 16.3. The van der Waals surface area contributed by atoms with Gasteiger partial charge in [-0.3, -0.25) is 0 Å². The zero-order valence-corrected chi connectivity index (χ0v) is 9.03. The van der Waals surface area contributed by atoms with Crippen LogP contribution in [0.1, 0.15) is 12.8 Å². The molecule has 1 aliphatic carbocycles. The molecular formula is C10H13NO3S. The Morgan fingerprint density at radius 3 is 2.33 bits per heavy atom. The van der Waals surface area contributed by atoms with E-state index in [-0.39, 0.29) is 4.90 Å². The van der Waals surface area contributed by atoms with E-state index in [0.717, 1.165) is 0 Å². The largest absolute Gasteiger partial charge is 0.493 e. The van der Waals surface area contributed by atoms with Crippen molar-refractivity contribution in [1.82, 2.24) is 0 Å². The molecule has 0 saturated heterocycles. The van der Waals surface area contributed by atoms with Gasteiger partial charge in [0.05, 0.1) is 11.5 Å². The number of nitrogens with two attached hydrogens (primary N) is 1. The molecule has 1 aliphatic rings. The van der Waals surface area contributed by atoms with E-state index < -0.39 is 10.0 Å². The number of hydrogen-bond donors (Lipinski definition) is 1. The maximum atomic E-state index is 11.0. The number of sulfonamides is 1. The van der Waals surface area contributed by atoms with Gasteiger partial charge in [0.25, 0.3) is 0 Å². The smallest absolute Gasteiger partial charge is 0.238 e. The fourth-order valence-corrected chi connectivity index (χ4v) is 1.74. The lowest BCUT2D eigenvalue weighted by Crippen LogP contribution is -2.11. The van der Waals surface area contributed by atoms with Crippen molar-refractivity contribution in [3.8, 4) is 5.75 Å². The summed E-state index contributed by atoms with van der Waals surface area (Å²) in [5.74, 6) is 1.37. The van der Waals surface area contributed by atoms with Crippen molar-refractivity contribution in [2.45, 2.75) is 17.7 Å². The van der Waals surface area contributed by atoms with Crippen LogP contribution >= 0.6 is 0 Å². The molecule has 0 amide bonds. The molecule has 1 aromatic carbocycles. The topological polar surface area (TPSA) is 69.4 Å². The Balaban J connectivity index is 2.02. The van der Waals surface area contributed by atoms with E-state index in [1.807, 2.05) is 0 Å². The number of rotatable bonds is 4. The highest BCUT2D eigenvalue weighted by molar-refractivity contribution is 7.89. The molecule has 0 aliphatic heterocycles. The van der Waals surface area contributed by atoms with Gasteiger partial charge in [0, 0.05) is 0 Å². The molecule has 0 heterocycles. The molecule has 0 radical (unpaired) electrons. The minimum Gasteiger partial charge on any atom is -0.493 e. The third kappa shape index (κ3) is 2.94. The summed E-state index contributed by atoms with van der Waals surface area (Å²) in [6.07, 6.45) is 2.46. The number of benzene rings is 1. The lowest BCUT2D eigenvalue weighted by molar-refractivity contribution is 0.299. The summed E-state index contributed by atoms with van der Waals surface area (Å²) < 4.78 is 27.4. The second-order valence-electron chi connectivity index (χ2n) is 3.77. The summed E-state index contributed by atoms with van der Waals surface area (Å²) in [5, 5.41) is 4.97. The van der Waals surface area contributed by atoms with E-state index in [2.05, 4.69) is 0 Å². The molecule has 0 aromatic heterocycles. The molecule has 2 rings (SSSR count). The zero-order valence-electron chi connectivity index (χ0n) is 8.22. The van der Waals surface area contributed by atoms with E-state index in [9.17, 15) is 8.42 Å². The summed E-state index contributed by atoms with van der Waals surface area (Å²) >= 11 is 0. The predicted molar refractivity (Wildman–Crippen MR) is 56.0 cm³/mol. The summed E-state index contributed by atoms with van der Waals surface area (Å²) in [5.41, 5.74) is 0. The van der Waals surface area contributed by atoms with Crippen LogP contribution in [0.4, 0.5) is 0 Å². The van der Waals surface area contributed by atoms with Gasteiger partial charge in [0.2, 0.25) is 10.0 Å². The van der Waals surface area contributed by atoms with Crippen molar-refractivity contribution in [3.63, 3.8) is 0 Å². The molecule has 0 bridgehead atoms. The van der Waals surface area contributed by atoms with Crippen LogP contribution in [-0.4, -0.2) is 15.0 Å². The highest BCUT2D eigenvalue weighted by Gasteiger charge is 2.21. The summed E-state index contributed by atoms with van der Waals surface area (Å²) in [7, 11) is -3.59. The minimum absolute atomic E-state index is 0.112. The number of primary sulfonamides is 1.